The van der Waals surface area contributed by atoms with Gasteiger partial charge in [0.05, 0.1) is 5.56 Å². The number of nitrogens with one attached hydrogen (secondary N) is 1. The first-order valence-corrected chi connectivity index (χ1v) is 11.1. The Morgan fingerprint density at radius 1 is 0.828 bits per heavy atom. The zero-order valence-electron chi connectivity index (χ0n) is 17.1. The lowest BCUT2D eigenvalue weighted by Crippen LogP contribution is -2.35. The third-order valence-corrected chi connectivity index (χ3v) is 6.93. The number of hydrogen-bond acceptors (Lipinski definition) is 4. The van der Waals surface area contributed by atoms with E-state index in [0.717, 1.165) is 43.2 Å². The molecule has 1 spiro atoms. The molecule has 5 nitrogen and oxygen atoms in total. The van der Waals surface area contributed by atoms with Crippen molar-refractivity contribution in [2.24, 2.45) is 5.41 Å². The third kappa shape index (κ3) is 3.96. The van der Waals surface area contributed by atoms with Crippen molar-refractivity contribution in [3.05, 3.63) is 48.0 Å². The SMILES string of the molecule is O=C(Nc1cccc(N2CCCCC2)n1)c1ccccc1N1CCC2(CC1)CC2. The first-order chi connectivity index (χ1) is 14.2. The van der Waals surface area contributed by atoms with Crippen molar-refractivity contribution >= 4 is 23.2 Å². The van der Waals surface area contributed by atoms with Gasteiger partial charge in [-0.25, -0.2) is 4.98 Å². The van der Waals surface area contributed by atoms with Crippen LogP contribution in [0.3, 0.4) is 0 Å². The normalized spacial score (nSPS) is 20.6. The Labute approximate surface area is 173 Å². The van der Waals surface area contributed by atoms with E-state index in [2.05, 4.69) is 21.2 Å². The van der Waals surface area contributed by atoms with Crippen molar-refractivity contribution < 1.29 is 4.79 Å². The molecule has 1 aliphatic carbocycles. The van der Waals surface area contributed by atoms with Gasteiger partial charge in [-0.1, -0.05) is 18.2 Å². The minimum atomic E-state index is -0.0735. The van der Waals surface area contributed by atoms with E-state index in [4.69, 9.17) is 4.98 Å². The molecule has 0 radical (unpaired) electrons. The number of amides is 1. The van der Waals surface area contributed by atoms with E-state index in [1.54, 1.807) is 0 Å². The number of nitrogens with zero attached hydrogens (tertiary/aromatic N) is 3. The molecule has 0 atom stereocenters. The van der Waals surface area contributed by atoms with Gasteiger partial charge in [-0.05, 0) is 74.6 Å². The minimum Gasteiger partial charge on any atom is -0.371 e. The molecule has 0 unspecified atom stereocenters. The Bertz CT molecular complexity index is 876. The monoisotopic (exact) mass is 390 g/mol. The molecule has 1 aromatic heterocycles. The van der Waals surface area contributed by atoms with Crippen LogP contribution in [0.5, 0.6) is 0 Å². The van der Waals surface area contributed by atoms with Crippen LogP contribution in [0, 0.1) is 5.41 Å². The quantitative estimate of drug-likeness (QED) is 0.822. The molecular formula is C24H30N4O. The average molecular weight is 391 g/mol. The lowest BCUT2D eigenvalue weighted by Gasteiger charge is -2.34. The first-order valence-electron chi connectivity index (χ1n) is 11.1. The summed E-state index contributed by atoms with van der Waals surface area (Å²) in [6, 6.07) is 13.9. The van der Waals surface area contributed by atoms with E-state index >= 15 is 0 Å². The van der Waals surface area contributed by atoms with Crippen molar-refractivity contribution in [1.29, 1.82) is 0 Å². The second kappa shape index (κ2) is 7.69. The van der Waals surface area contributed by atoms with Crippen LogP contribution < -0.4 is 15.1 Å². The van der Waals surface area contributed by atoms with Gasteiger partial charge in [-0.15, -0.1) is 0 Å². The molecule has 0 bridgehead atoms. The van der Waals surface area contributed by atoms with Gasteiger partial charge in [0.25, 0.3) is 5.91 Å². The molecule has 2 saturated heterocycles. The van der Waals surface area contributed by atoms with Crippen molar-refractivity contribution in [2.45, 2.75) is 44.9 Å². The lowest BCUT2D eigenvalue weighted by molar-refractivity contribution is 0.102. The fraction of sp³-hybridized carbons (Fsp3) is 0.500. The fourth-order valence-corrected chi connectivity index (χ4v) is 4.82. The molecule has 5 rings (SSSR count). The Balaban J connectivity index is 1.31. The van der Waals surface area contributed by atoms with Gasteiger partial charge in [0.15, 0.2) is 0 Å². The molecule has 3 aliphatic rings. The fourth-order valence-electron chi connectivity index (χ4n) is 4.82. The Morgan fingerprint density at radius 3 is 2.34 bits per heavy atom. The second-order valence-corrected chi connectivity index (χ2v) is 8.89. The van der Waals surface area contributed by atoms with Crippen molar-refractivity contribution in [1.82, 2.24) is 4.98 Å². The van der Waals surface area contributed by atoms with E-state index in [0.29, 0.717) is 11.2 Å². The zero-order valence-corrected chi connectivity index (χ0v) is 17.1. The summed E-state index contributed by atoms with van der Waals surface area (Å²) in [5.41, 5.74) is 2.42. The number of aromatic nitrogens is 1. The number of rotatable bonds is 4. The summed E-state index contributed by atoms with van der Waals surface area (Å²) in [6.45, 7) is 4.19. The van der Waals surface area contributed by atoms with Crippen LogP contribution >= 0.6 is 0 Å². The van der Waals surface area contributed by atoms with Crippen molar-refractivity contribution in [3.63, 3.8) is 0 Å². The summed E-state index contributed by atoms with van der Waals surface area (Å²) in [5, 5.41) is 3.04. The predicted octanol–water partition coefficient (Wildman–Crippen LogP) is 4.70. The number of benzene rings is 1. The summed E-state index contributed by atoms with van der Waals surface area (Å²) >= 11 is 0. The van der Waals surface area contributed by atoms with Gasteiger partial charge < -0.3 is 15.1 Å². The van der Waals surface area contributed by atoms with E-state index in [1.807, 2.05) is 36.4 Å². The third-order valence-electron chi connectivity index (χ3n) is 6.93. The predicted molar refractivity (Wildman–Crippen MR) is 118 cm³/mol. The second-order valence-electron chi connectivity index (χ2n) is 8.89. The number of para-hydroxylation sites is 1. The highest BCUT2D eigenvalue weighted by atomic mass is 16.1. The van der Waals surface area contributed by atoms with Crippen LogP contribution in [0.25, 0.3) is 0 Å². The van der Waals surface area contributed by atoms with Crippen LogP contribution in [0.1, 0.15) is 55.3 Å². The zero-order chi connectivity index (χ0) is 19.7. The number of carbonyl (C=O) groups is 1. The van der Waals surface area contributed by atoms with E-state index in [-0.39, 0.29) is 5.91 Å². The van der Waals surface area contributed by atoms with E-state index < -0.39 is 0 Å². The molecular weight excluding hydrogens is 360 g/mol. The van der Waals surface area contributed by atoms with Crippen LogP contribution in [0.2, 0.25) is 0 Å². The Hall–Kier alpha value is -2.56. The number of pyridine rings is 1. The standard InChI is InChI=1S/C24H30N4O/c29-23(26-21-9-6-10-22(25-21)28-15-4-1-5-16-28)19-7-2-3-8-20(19)27-17-13-24(11-12-24)14-18-27/h2-3,6-10H,1,4-5,11-18H2,(H,25,26,29). The maximum Gasteiger partial charge on any atom is 0.258 e. The van der Waals surface area contributed by atoms with Crippen LogP contribution in [0.4, 0.5) is 17.3 Å². The smallest absolute Gasteiger partial charge is 0.258 e. The molecule has 1 aromatic carbocycles. The Morgan fingerprint density at radius 2 is 1.59 bits per heavy atom. The number of piperidine rings is 2. The van der Waals surface area contributed by atoms with Crippen molar-refractivity contribution in [2.75, 3.05) is 41.3 Å². The summed E-state index contributed by atoms with van der Waals surface area (Å²) in [5.74, 6) is 1.51. The highest BCUT2D eigenvalue weighted by Crippen LogP contribution is 2.54. The Kier molecular flexibility index (Phi) is 4.90. The summed E-state index contributed by atoms with van der Waals surface area (Å²) in [4.78, 5) is 22.5. The first kappa shape index (κ1) is 18.5. The number of carbonyl (C=O) groups excluding carboxylic acids is 1. The van der Waals surface area contributed by atoms with Gasteiger partial charge in [0.2, 0.25) is 0 Å². The molecule has 2 aliphatic heterocycles. The molecule has 29 heavy (non-hydrogen) atoms. The van der Waals surface area contributed by atoms with Crippen LogP contribution in [0.15, 0.2) is 42.5 Å². The summed E-state index contributed by atoms with van der Waals surface area (Å²) in [6.07, 6.45) is 9.00. The summed E-state index contributed by atoms with van der Waals surface area (Å²) < 4.78 is 0. The average Bonchev–Trinajstić information content (AvgIpc) is 3.54. The topological polar surface area (TPSA) is 48.5 Å². The van der Waals surface area contributed by atoms with Gasteiger partial charge >= 0.3 is 0 Å². The van der Waals surface area contributed by atoms with E-state index in [1.165, 1.54) is 44.9 Å². The molecule has 2 aromatic rings. The van der Waals surface area contributed by atoms with E-state index in [9.17, 15) is 4.79 Å². The van der Waals surface area contributed by atoms with Crippen LogP contribution in [-0.4, -0.2) is 37.1 Å². The minimum absolute atomic E-state index is 0.0735. The lowest BCUT2D eigenvalue weighted by atomic mass is 9.93. The molecule has 3 fully saturated rings. The molecule has 1 amide bonds. The van der Waals surface area contributed by atoms with Gasteiger partial charge in [-0.3, -0.25) is 4.79 Å². The largest absolute Gasteiger partial charge is 0.371 e. The molecule has 1 N–H and O–H groups in total. The maximum absolute atomic E-state index is 13.1. The summed E-state index contributed by atoms with van der Waals surface area (Å²) in [7, 11) is 0. The van der Waals surface area contributed by atoms with Gasteiger partial charge in [0.1, 0.15) is 11.6 Å². The van der Waals surface area contributed by atoms with Crippen LogP contribution in [-0.2, 0) is 0 Å². The molecule has 5 heteroatoms. The highest BCUT2D eigenvalue weighted by molar-refractivity contribution is 6.07. The molecule has 152 valence electrons. The maximum atomic E-state index is 13.1. The van der Waals surface area contributed by atoms with Crippen molar-refractivity contribution in [3.8, 4) is 0 Å². The van der Waals surface area contributed by atoms with Gasteiger partial charge in [-0.2, -0.15) is 0 Å². The highest BCUT2D eigenvalue weighted by Gasteiger charge is 2.44. The number of anilines is 3. The van der Waals surface area contributed by atoms with Gasteiger partial charge in [0, 0.05) is 31.9 Å². The molecule has 1 saturated carbocycles. The number of hydrogen-bond donors (Lipinski definition) is 1. The molecule has 3 heterocycles.